The van der Waals surface area contributed by atoms with Gasteiger partial charge in [-0.1, -0.05) is 0 Å². The van der Waals surface area contributed by atoms with Crippen molar-refractivity contribution in [3.8, 4) is 0 Å². The molecule has 0 spiro atoms. The van der Waals surface area contributed by atoms with Gasteiger partial charge in [-0.25, -0.2) is 14.6 Å². The molecule has 0 aliphatic rings. The van der Waals surface area contributed by atoms with E-state index in [0.29, 0.717) is 0 Å². The van der Waals surface area contributed by atoms with E-state index >= 15 is 0 Å². The molecule has 2 rings (SSSR count). The van der Waals surface area contributed by atoms with Gasteiger partial charge >= 0.3 is 11.9 Å². The minimum absolute atomic E-state index is 0.0339. The van der Waals surface area contributed by atoms with Crippen LogP contribution in [0.15, 0.2) is 12.4 Å². The zero-order valence-electron chi connectivity index (χ0n) is 9.08. The molecule has 0 bridgehead atoms. The minimum Gasteiger partial charge on any atom is -0.464 e. The predicted molar refractivity (Wildman–Crippen MR) is 53.5 cm³/mol. The Kier molecular flexibility index (Phi) is 2.69. The number of nitrogens with zero attached hydrogens (tertiary/aromatic N) is 4. The number of hydrogen-bond acceptors (Lipinski definition) is 7. The van der Waals surface area contributed by atoms with Crippen molar-refractivity contribution in [2.75, 3.05) is 14.2 Å². The van der Waals surface area contributed by atoms with E-state index in [1.807, 2.05) is 0 Å². The van der Waals surface area contributed by atoms with E-state index in [4.69, 9.17) is 0 Å². The van der Waals surface area contributed by atoms with Crippen LogP contribution in [-0.2, 0) is 9.47 Å². The number of methoxy groups -OCH3 is 2. The van der Waals surface area contributed by atoms with E-state index < -0.39 is 11.9 Å². The van der Waals surface area contributed by atoms with Crippen LogP contribution < -0.4 is 0 Å². The summed E-state index contributed by atoms with van der Waals surface area (Å²) in [4.78, 5) is 30.5. The third-order valence-electron chi connectivity index (χ3n) is 2.04. The van der Waals surface area contributed by atoms with Crippen LogP contribution in [-0.4, -0.2) is 45.7 Å². The average molecular weight is 236 g/mol. The van der Waals surface area contributed by atoms with Crippen molar-refractivity contribution in [3.63, 3.8) is 0 Å². The zero-order chi connectivity index (χ0) is 12.4. The van der Waals surface area contributed by atoms with Gasteiger partial charge < -0.3 is 9.47 Å². The number of aromatic nitrogens is 4. The van der Waals surface area contributed by atoms with Gasteiger partial charge in [-0.3, -0.25) is 0 Å². The van der Waals surface area contributed by atoms with Crippen LogP contribution in [0.3, 0.4) is 0 Å². The normalized spacial score (nSPS) is 10.2. The van der Waals surface area contributed by atoms with Crippen molar-refractivity contribution in [2.45, 2.75) is 0 Å². The molecule has 2 aromatic rings. The Morgan fingerprint density at radius 3 is 2.59 bits per heavy atom. The van der Waals surface area contributed by atoms with Crippen LogP contribution in [0.2, 0.25) is 0 Å². The second-order valence-corrected chi connectivity index (χ2v) is 2.98. The van der Waals surface area contributed by atoms with E-state index in [1.54, 1.807) is 0 Å². The van der Waals surface area contributed by atoms with E-state index in [2.05, 4.69) is 24.5 Å². The highest BCUT2D eigenvalue weighted by Gasteiger charge is 2.18. The zero-order valence-corrected chi connectivity index (χ0v) is 9.08. The Balaban J connectivity index is 2.66. The standard InChI is InChI=1S/C9H8N4O4/c1-16-7(14)5-3-6(8(15)17-2)13-9(12-5)10-4-11-13/h3-4H,1-2H3. The SMILES string of the molecule is COC(=O)c1cc(C(=O)OC)n2ncnc2n1. The van der Waals surface area contributed by atoms with Gasteiger partial charge in [0.05, 0.1) is 14.2 Å². The second kappa shape index (κ2) is 4.16. The molecule has 8 heteroatoms. The maximum atomic E-state index is 11.5. The number of carbonyl (C=O) groups excluding carboxylic acids is 2. The maximum Gasteiger partial charge on any atom is 0.356 e. The van der Waals surface area contributed by atoms with Gasteiger partial charge in [0, 0.05) is 6.07 Å². The molecule has 2 heterocycles. The summed E-state index contributed by atoms with van der Waals surface area (Å²) in [6, 6.07) is 1.24. The van der Waals surface area contributed by atoms with Crippen molar-refractivity contribution < 1.29 is 19.1 Å². The van der Waals surface area contributed by atoms with Gasteiger partial charge in [-0.05, 0) is 0 Å². The first kappa shape index (κ1) is 11.0. The number of ether oxygens (including phenoxy) is 2. The molecular weight excluding hydrogens is 228 g/mol. The molecule has 0 saturated heterocycles. The third kappa shape index (κ3) is 1.80. The first-order valence-corrected chi connectivity index (χ1v) is 4.54. The van der Waals surface area contributed by atoms with Crippen LogP contribution in [0.25, 0.3) is 5.78 Å². The third-order valence-corrected chi connectivity index (χ3v) is 2.04. The van der Waals surface area contributed by atoms with Gasteiger partial charge in [0.25, 0.3) is 5.78 Å². The smallest absolute Gasteiger partial charge is 0.356 e. The van der Waals surface area contributed by atoms with Crippen molar-refractivity contribution in [2.24, 2.45) is 0 Å². The predicted octanol–water partition coefficient (Wildman–Crippen LogP) is -0.302. The largest absolute Gasteiger partial charge is 0.464 e. The number of rotatable bonds is 2. The summed E-state index contributed by atoms with van der Waals surface area (Å²) >= 11 is 0. The highest BCUT2D eigenvalue weighted by molar-refractivity contribution is 5.93. The molecule has 0 atom stereocenters. The molecule has 0 N–H and O–H groups in total. The molecule has 0 unspecified atom stereocenters. The van der Waals surface area contributed by atoms with Crippen LogP contribution in [0.1, 0.15) is 21.0 Å². The van der Waals surface area contributed by atoms with Gasteiger partial charge in [-0.2, -0.15) is 14.6 Å². The number of hydrogen-bond donors (Lipinski definition) is 0. The summed E-state index contributed by atoms with van der Waals surface area (Å²) in [7, 11) is 2.44. The lowest BCUT2D eigenvalue weighted by Crippen LogP contribution is -2.14. The molecule has 0 amide bonds. The lowest BCUT2D eigenvalue weighted by Gasteiger charge is -2.03. The van der Waals surface area contributed by atoms with Crippen molar-refractivity contribution in [1.82, 2.24) is 19.6 Å². The Morgan fingerprint density at radius 1 is 1.24 bits per heavy atom. The molecule has 0 saturated carbocycles. The molecule has 2 aromatic heterocycles. The number of fused-ring (bicyclic) bond motifs is 1. The van der Waals surface area contributed by atoms with Crippen molar-refractivity contribution in [3.05, 3.63) is 23.8 Å². The molecule has 0 radical (unpaired) electrons. The van der Waals surface area contributed by atoms with Gasteiger partial charge in [0.15, 0.2) is 11.4 Å². The van der Waals surface area contributed by atoms with E-state index in [-0.39, 0.29) is 17.2 Å². The Morgan fingerprint density at radius 2 is 1.94 bits per heavy atom. The quantitative estimate of drug-likeness (QED) is 0.660. The maximum absolute atomic E-state index is 11.5. The van der Waals surface area contributed by atoms with Gasteiger partial charge in [-0.15, -0.1) is 0 Å². The fourth-order valence-corrected chi connectivity index (χ4v) is 1.27. The summed E-state index contributed by atoms with van der Waals surface area (Å²) in [5.41, 5.74) is 0.0174. The molecule has 0 aromatic carbocycles. The summed E-state index contributed by atoms with van der Waals surface area (Å²) in [6.07, 6.45) is 1.22. The van der Waals surface area contributed by atoms with Gasteiger partial charge in [0.2, 0.25) is 0 Å². The average Bonchev–Trinajstić information content (AvgIpc) is 2.83. The molecule has 8 nitrogen and oxygen atoms in total. The number of esters is 2. The van der Waals surface area contributed by atoms with Crippen molar-refractivity contribution >= 4 is 17.7 Å². The molecule has 88 valence electrons. The van der Waals surface area contributed by atoms with Gasteiger partial charge in [0.1, 0.15) is 6.33 Å². The fourth-order valence-electron chi connectivity index (χ4n) is 1.27. The Labute approximate surface area is 95.2 Å². The van der Waals surface area contributed by atoms with Crippen LogP contribution in [0.5, 0.6) is 0 Å². The summed E-state index contributed by atoms with van der Waals surface area (Å²) in [6.45, 7) is 0. The highest BCUT2D eigenvalue weighted by Crippen LogP contribution is 2.07. The minimum atomic E-state index is -0.666. The lowest BCUT2D eigenvalue weighted by molar-refractivity contribution is 0.0588. The first-order chi connectivity index (χ1) is 8.17. The van der Waals surface area contributed by atoms with E-state index in [0.717, 1.165) is 0 Å². The van der Waals surface area contributed by atoms with E-state index in [1.165, 1.54) is 31.1 Å². The van der Waals surface area contributed by atoms with Crippen LogP contribution >= 0.6 is 0 Å². The summed E-state index contributed by atoms with van der Waals surface area (Å²) in [5, 5.41) is 3.80. The van der Waals surface area contributed by atoms with E-state index in [9.17, 15) is 9.59 Å². The first-order valence-electron chi connectivity index (χ1n) is 4.54. The summed E-state index contributed by atoms with van der Waals surface area (Å²) in [5.74, 6) is -1.19. The second-order valence-electron chi connectivity index (χ2n) is 2.98. The van der Waals surface area contributed by atoms with Crippen LogP contribution in [0.4, 0.5) is 0 Å². The lowest BCUT2D eigenvalue weighted by atomic mass is 10.3. The monoisotopic (exact) mass is 236 g/mol. The Bertz CT molecular complexity index is 592. The molecule has 0 aliphatic heterocycles. The molecule has 0 aliphatic carbocycles. The van der Waals surface area contributed by atoms with Crippen molar-refractivity contribution in [1.29, 1.82) is 0 Å². The topological polar surface area (TPSA) is 95.7 Å². The number of carbonyl (C=O) groups is 2. The van der Waals surface area contributed by atoms with Crippen LogP contribution in [0, 0.1) is 0 Å². The molecular formula is C9H8N4O4. The molecule has 0 fully saturated rings. The highest BCUT2D eigenvalue weighted by atomic mass is 16.5. The summed E-state index contributed by atoms with van der Waals surface area (Å²) < 4.78 is 10.3. The molecule has 17 heavy (non-hydrogen) atoms. The Hall–Kier alpha value is -2.51. The fraction of sp³-hybridized carbons (Fsp3) is 0.222.